The second kappa shape index (κ2) is 13.3. The van der Waals surface area contributed by atoms with E-state index in [0.29, 0.717) is 5.02 Å². The normalized spacial score (nSPS) is 12.2. The van der Waals surface area contributed by atoms with Crippen LogP contribution in [0.2, 0.25) is 5.02 Å². The summed E-state index contributed by atoms with van der Waals surface area (Å²) in [5.41, 5.74) is 1.94. The molecule has 3 aromatic carbocycles. The van der Waals surface area contributed by atoms with E-state index in [2.05, 4.69) is 21.2 Å². The van der Waals surface area contributed by atoms with Crippen molar-refractivity contribution in [2.45, 2.75) is 38.9 Å². The van der Waals surface area contributed by atoms with Gasteiger partial charge in [0.1, 0.15) is 12.6 Å². The molecule has 3 aromatic rings. The summed E-state index contributed by atoms with van der Waals surface area (Å²) in [4.78, 5) is 28.9. The molecule has 0 spiro atoms. The molecule has 2 amide bonds. The fourth-order valence-corrected chi connectivity index (χ4v) is 5.26. The first-order valence-corrected chi connectivity index (χ1v) is 15.1. The van der Waals surface area contributed by atoms with Gasteiger partial charge in [0.15, 0.2) is 0 Å². The first kappa shape index (κ1) is 29.7. The number of hydrogen-bond donors (Lipinski definition) is 1. The van der Waals surface area contributed by atoms with Crippen molar-refractivity contribution < 1.29 is 18.0 Å². The molecule has 0 heterocycles. The molecular weight excluding hydrogens is 590 g/mol. The van der Waals surface area contributed by atoms with E-state index >= 15 is 0 Å². The predicted octanol–water partition coefficient (Wildman–Crippen LogP) is 5.03. The first-order chi connectivity index (χ1) is 17.9. The number of rotatable bonds is 11. The van der Waals surface area contributed by atoms with Crippen molar-refractivity contribution >= 4 is 55.1 Å². The van der Waals surface area contributed by atoms with Crippen LogP contribution in [0.25, 0.3) is 0 Å². The van der Waals surface area contributed by atoms with E-state index in [4.69, 9.17) is 11.6 Å². The summed E-state index contributed by atoms with van der Waals surface area (Å²) >= 11 is 9.54. The first-order valence-electron chi connectivity index (χ1n) is 12.1. The van der Waals surface area contributed by atoms with E-state index < -0.39 is 28.5 Å². The highest BCUT2D eigenvalue weighted by atomic mass is 79.9. The molecule has 38 heavy (non-hydrogen) atoms. The molecule has 7 nitrogen and oxygen atoms in total. The van der Waals surface area contributed by atoms with Crippen molar-refractivity contribution in [3.05, 3.63) is 99.5 Å². The van der Waals surface area contributed by atoms with Crippen molar-refractivity contribution in [3.63, 3.8) is 0 Å². The molecule has 1 unspecified atom stereocenters. The lowest BCUT2D eigenvalue weighted by Crippen LogP contribution is -2.54. The van der Waals surface area contributed by atoms with Gasteiger partial charge < -0.3 is 10.2 Å². The molecule has 0 fully saturated rings. The van der Waals surface area contributed by atoms with E-state index in [1.54, 1.807) is 18.2 Å². The van der Waals surface area contributed by atoms with Gasteiger partial charge in [-0.1, -0.05) is 76.1 Å². The quantitative estimate of drug-likeness (QED) is 0.326. The molecule has 0 radical (unpaired) electrons. The summed E-state index contributed by atoms with van der Waals surface area (Å²) < 4.78 is 27.4. The summed E-state index contributed by atoms with van der Waals surface area (Å²) in [5, 5.41) is 3.27. The highest BCUT2D eigenvalue weighted by molar-refractivity contribution is 9.10. The Morgan fingerprint density at radius 1 is 0.947 bits per heavy atom. The van der Waals surface area contributed by atoms with Gasteiger partial charge in [0, 0.05) is 28.5 Å². The molecular formula is C28H31BrClN3O4S. The van der Waals surface area contributed by atoms with Crippen LogP contribution in [0.4, 0.5) is 5.69 Å². The Morgan fingerprint density at radius 2 is 1.61 bits per heavy atom. The van der Waals surface area contributed by atoms with Crippen LogP contribution in [0, 0.1) is 0 Å². The van der Waals surface area contributed by atoms with Gasteiger partial charge >= 0.3 is 0 Å². The van der Waals surface area contributed by atoms with Gasteiger partial charge in [-0.05, 0) is 55.3 Å². The number of amides is 2. The summed E-state index contributed by atoms with van der Waals surface area (Å²) in [7, 11) is -3.85. The number of benzene rings is 3. The molecule has 0 aliphatic carbocycles. The second-order valence-electron chi connectivity index (χ2n) is 9.27. The zero-order valence-electron chi connectivity index (χ0n) is 21.5. The highest BCUT2D eigenvalue weighted by Crippen LogP contribution is 2.23. The minimum Gasteiger partial charge on any atom is -0.352 e. The maximum absolute atomic E-state index is 13.9. The molecule has 1 N–H and O–H groups in total. The fraction of sp³-hybridized carbons (Fsp3) is 0.286. The molecule has 0 aliphatic heterocycles. The van der Waals surface area contributed by atoms with Crippen molar-refractivity contribution in [3.8, 4) is 0 Å². The number of carbonyl (C=O) groups is 2. The van der Waals surface area contributed by atoms with Crippen LogP contribution in [0.3, 0.4) is 0 Å². The number of anilines is 1. The Labute approximate surface area is 238 Å². The van der Waals surface area contributed by atoms with Crippen LogP contribution in [-0.4, -0.2) is 50.0 Å². The smallest absolute Gasteiger partial charge is 0.244 e. The lowest BCUT2D eigenvalue weighted by molar-refractivity contribution is -0.140. The predicted molar refractivity (Wildman–Crippen MR) is 156 cm³/mol. The molecule has 0 aliphatic rings. The SMILES string of the molecule is CC(C)NC(=O)C(Cc1ccccc1)N(Cc1ccc(Br)cc1)C(=O)CN(c1cccc(Cl)c1)S(C)(=O)=O. The van der Waals surface area contributed by atoms with Gasteiger partial charge in [0.2, 0.25) is 21.8 Å². The van der Waals surface area contributed by atoms with Crippen LogP contribution < -0.4 is 9.62 Å². The molecule has 0 aromatic heterocycles. The minimum atomic E-state index is -3.85. The Kier molecular flexibility index (Phi) is 10.4. The van der Waals surface area contributed by atoms with Gasteiger partial charge in [-0.15, -0.1) is 0 Å². The van der Waals surface area contributed by atoms with E-state index in [9.17, 15) is 18.0 Å². The number of halogens is 2. The number of nitrogens with zero attached hydrogens (tertiary/aromatic N) is 2. The molecule has 10 heteroatoms. The topological polar surface area (TPSA) is 86.8 Å². The number of nitrogens with one attached hydrogen (secondary N) is 1. The van der Waals surface area contributed by atoms with Gasteiger partial charge in [-0.2, -0.15) is 0 Å². The van der Waals surface area contributed by atoms with Gasteiger partial charge in [0.05, 0.1) is 11.9 Å². The lowest BCUT2D eigenvalue weighted by Gasteiger charge is -2.34. The molecule has 0 bridgehead atoms. The minimum absolute atomic E-state index is 0.113. The number of hydrogen-bond acceptors (Lipinski definition) is 4. The standard InChI is InChI=1S/C28H31BrClN3O4S/c1-20(2)31-28(35)26(16-21-8-5-4-6-9-21)32(18-22-12-14-23(29)15-13-22)27(34)19-33(38(3,36)37)25-11-7-10-24(30)17-25/h4-15,17,20,26H,16,18-19H2,1-3H3,(H,31,35). The Morgan fingerprint density at radius 3 is 2.18 bits per heavy atom. The van der Waals surface area contributed by atoms with Gasteiger partial charge in [-0.25, -0.2) is 8.42 Å². The molecule has 0 saturated carbocycles. The molecule has 3 rings (SSSR count). The van der Waals surface area contributed by atoms with Crippen LogP contribution >= 0.6 is 27.5 Å². The van der Waals surface area contributed by atoms with Crippen LogP contribution in [0.5, 0.6) is 0 Å². The third-order valence-electron chi connectivity index (χ3n) is 5.74. The Hall–Kier alpha value is -2.88. The van der Waals surface area contributed by atoms with Gasteiger partial charge in [0.25, 0.3) is 0 Å². The van der Waals surface area contributed by atoms with Gasteiger partial charge in [-0.3, -0.25) is 13.9 Å². The van der Waals surface area contributed by atoms with Crippen molar-refractivity contribution in [1.29, 1.82) is 0 Å². The average Bonchev–Trinajstić information content (AvgIpc) is 2.85. The number of carbonyl (C=O) groups excluding carboxylic acids is 2. The van der Waals surface area contributed by atoms with Crippen LogP contribution in [0.1, 0.15) is 25.0 Å². The summed E-state index contributed by atoms with van der Waals surface area (Å²) in [5.74, 6) is -0.832. The van der Waals surface area contributed by atoms with E-state index in [1.807, 2.05) is 68.4 Å². The monoisotopic (exact) mass is 619 g/mol. The third kappa shape index (κ3) is 8.58. The van der Waals surface area contributed by atoms with E-state index in [-0.39, 0.29) is 30.6 Å². The van der Waals surface area contributed by atoms with Crippen LogP contribution in [0.15, 0.2) is 83.3 Å². The van der Waals surface area contributed by atoms with Crippen molar-refractivity contribution in [1.82, 2.24) is 10.2 Å². The molecule has 1 atom stereocenters. The maximum Gasteiger partial charge on any atom is 0.244 e. The second-order valence-corrected chi connectivity index (χ2v) is 12.5. The largest absolute Gasteiger partial charge is 0.352 e. The maximum atomic E-state index is 13.9. The Balaban J connectivity index is 2.05. The van der Waals surface area contributed by atoms with Crippen molar-refractivity contribution in [2.75, 3.05) is 17.1 Å². The molecule has 0 saturated heterocycles. The summed E-state index contributed by atoms with van der Waals surface area (Å²) in [6.45, 7) is 3.32. The highest BCUT2D eigenvalue weighted by Gasteiger charge is 2.33. The fourth-order valence-electron chi connectivity index (χ4n) is 3.97. The summed E-state index contributed by atoms with van der Waals surface area (Å²) in [6.07, 6.45) is 1.30. The molecule has 202 valence electrons. The average molecular weight is 621 g/mol. The van der Waals surface area contributed by atoms with E-state index in [1.165, 1.54) is 11.0 Å². The number of sulfonamides is 1. The van der Waals surface area contributed by atoms with E-state index in [0.717, 1.165) is 26.2 Å². The van der Waals surface area contributed by atoms with Crippen molar-refractivity contribution in [2.24, 2.45) is 0 Å². The Bertz CT molecular complexity index is 1350. The van der Waals surface area contributed by atoms with Crippen LogP contribution in [-0.2, 0) is 32.6 Å². The summed E-state index contributed by atoms with van der Waals surface area (Å²) in [6, 6.07) is 22.1. The zero-order chi connectivity index (χ0) is 27.9. The zero-order valence-corrected chi connectivity index (χ0v) is 24.6. The lowest BCUT2D eigenvalue weighted by atomic mass is 10.0. The third-order valence-corrected chi connectivity index (χ3v) is 7.65.